The molecule has 0 spiro atoms. The molecule has 754 valence electrons. The van der Waals surface area contributed by atoms with E-state index in [1.807, 2.05) is 137 Å². The maximum Gasteiger partial charge on any atom is 0.420 e. The van der Waals surface area contributed by atoms with Crippen molar-refractivity contribution in [3.8, 4) is 0 Å². The van der Waals surface area contributed by atoms with E-state index in [9.17, 15) is 43.2 Å². The summed E-state index contributed by atoms with van der Waals surface area (Å²) >= 11 is 0. The first-order chi connectivity index (χ1) is 66.1. The molecule has 32 nitrogen and oxygen atoms in total. The highest BCUT2D eigenvalue weighted by Gasteiger charge is 2.61. The number of carbonyl (C=O) groups excluding carboxylic acids is 10. The van der Waals surface area contributed by atoms with Gasteiger partial charge in [-0.25, -0.2) is 28.7 Å². The van der Waals surface area contributed by atoms with Gasteiger partial charge in [0.1, 0.15) is 36.2 Å². The van der Waals surface area contributed by atoms with Crippen molar-refractivity contribution in [1.82, 2.24) is 34.2 Å². The molecule has 5 aliphatic heterocycles. The minimum atomic E-state index is -1.65. The van der Waals surface area contributed by atoms with Crippen LogP contribution in [0.3, 0.4) is 0 Å². The van der Waals surface area contributed by atoms with E-state index in [0.717, 1.165) is 37.5 Å². The quantitative estimate of drug-likeness (QED) is 0.0299. The molecule has 32 heteroatoms. The Kier molecular flexibility index (Phi) is 39.5. The molecule has 4 fully saturated rings. The highest BCUT2D eigenvalue weighted by atomic mass is 16.7. The van der Waals surface area contributed by atoms with E-state index in [4.69, 9.17) is 67.3 Å². The number of benzene rings is 4. The molecule has 0 bridgehead atoms. The lowest BCUT2D eigenvalue weighted by Crippen LogP contribution is -2.61. The van der Waals surface area contributed by atoms with Crippen LogP contribution in [0.15, 0.2) is 176 Å². The third-order valence-corrected chi connectivity index (χ3v) is 27.1. The van der Waals surface area contributed by atoms with Gasteiger partial charge in [0.05, 0.1) is 102 Å². The predicted octanol–water partition coefficient (Wildman–Crippen LogP) is 15.0. The van der Waals surface area contributed by atoms with Gasteiger partial charge in [0.2, 0.25) is 0 Å². The Bertz CT molecular complexity index is 5410. The van der Waals surface area contributed by atoms with Gasteiger partial charge in [0.25, 0.3) is 0 Å². The van der Waals surface area contributed by atoms with Gasteiger partial charge in [0, 0.05) is 92.5 Å². The standard InChI is InChI=1S/C52H64N4O11.C52H69N3O12.C3H9NO/c1-11-42-51(7,67-50(61)56-24-23-53-31-56)28-32(2)43(57)33(3)29-52(8,62-25-17-18-37-27-39-21-15-16-22-40(39)54-30-37)46(35(5)44(58)36(6)47(59)64-42)66-49-45(41(55(9)10)26-34(4)63-49)65-48(60)38-19-13-12-14-20-38;1-12-41-52(8)45(55(24-26-61-11)50(60)67-52)33(4)42(56)31(2)29-51(7,62-25-18-19-36-28-38-22-16-17-23-39(38)53-30-36)46(34(5)43(57)35(6)47(58)64-41)66-49-44(40(54(9)10)27-32(3)63-49)65-48(59)37-20-14-13-15-21-37;1-5-3-2-4/h12-24,27-28,30-31,33-36,41-42,45-46,49H,11,25-26,29H2,1-10H3;13-23,28,30-35,40-41,44-46,49H,12,24-27,29H2,1-11H3;2-4H2,1H3/b18-17+,32-28+;19-18+;/t33-,34-,35+,36-,41+,42-,45-,46-,49+,51+,52-;31-,32-,33+,34+,35-,40+,41-,44-,45-,46-,49+,51-,52-;/m11./s1. The number of hydrogen-bond donors (Lipinski definition) is 1. The number of imidazole rings is 1. The van der Waals surface area contributed by atoms with Gasteiger partial charge < -0.3 is 81.8 Å². The number of hydrogen-bond acceptors (Lipinski definition) is 30. The van der Waals surface area contributed by atoms with Crippen molar-refractivity contribution in [2.45, 2.75) is 251 Å². The lowest BCUT2D eigenvalue weighted by atomic mass is 9.73. The molecular formula is C107H142N8O24. The molecule has 4 aromatic carbocycles. The number of ketones is 4. The molecule has 12 rings (SSSR count). The number of cyclic esters (lactones) is 2. The molecule has 0 radical (unpaired) electrons. The molecule has 8 heterocycles. The van der Waals surface area contributed by atoms with E-state index >= 15 is 4.79 Å². The fourth-order valence-corrected chi connectivity index (χ4v) is 19.7. The van der Waals surface area contributed by atoms with Crippen molar-refractivity contribution >= 4 is 93.2 Å². The molecule has 0 aliphatic carbocycles. The maximum atomic E-state index is 15.1. The number of methoxy groups -OCH3 is 2. The van der Waals surface area contributed by atoms with Crippen LogP contribution >= 0.6 is 0 Å². The summed E-state index contributed by atoms with van der Waals surface area (Å²) in [5, 5.41) is 1.93. The SMILES string of the molecule is CC[C@H]1OC(=O)[C@H](C)C(=O)[C@H](C)[C@@H](O[C@@H]2O[C@H](C)C[C@H](N(C)C)[C@H]2OC(=O)c2ccccc2)[C@](C)(OC/C=C/c2cnc3ccccc3c2)C[C@@H](C)C(=O)/C(C)=C/[C@]1(C)OC(=O)n1ccnc1.CC[C@H]1OC(=O)[C@H](C)C(=O)[C@H](C)[C@@H](O[C@@H]2O[C@H](C)C[C@H](N(C)C)[C@H]2OC(=O)c2ccccc2)[C@](C)(OC/C=C/c2cnc3ccccc3c2)C[C@@H](C)C(=O)[C@H](C)[C@H]2N(CCOC)C(=O)O[C@]12C.COCCN. The Labute approximate surface area is 816 Å². The van der Waals surface area contributed by atoms with Crippen molar-refractivity contribution < 1.29 is 114 Å². The van der Waals surface area contributed by atoms with Crippen LogP contribution in [0.1, 0.15) is 181 Å². The van der Waals surface area contributed by atoms with Crippen molar-refractivity contribution in [2.24, 2.45) is 47.2 Å². The normalized spacial score (nSPS) is 31.3. The fourth-order valence-electron chi connectivity index (χ4n) is 19.7. The van der Waals surface area contributed by atoms with Crippen molar-refractivity contribution in [3.63, 3.8) is 0 Å². The Hall–Kier alpha value is -11.0. The number of rotatable bonds is 26. The summed E-state index contributed by atoms with van der Waals surface area (Å²) < 4.78 is 88.9. The Morgan fingerprint density at radius 1 is 0.568 bits per heavy atom. The highest BCUT2D eigenvalue weighted by Crippen LogP contribution is 2.46. The number of nitrogens with two attached hydrogens (primary N) is 1. The zero-order chi connectivity index (χ0) is 102. The summed E-state index contributed by atoms with van der Waals surface area (Å²) in [7, 11) is 10.7. The van der Waals surface area contributed by atoms with Crippen LogP contribution in [-0.4, -0.2) is 277 Å². The van der Waals surface area contributed by atoms with Crippen LogP contribution in [0.2, 0.25) is 0 Å². The van der Waals surface area contributed by atoms with Crippen molar-refractivity contribution in [3.05, 3.63) is 198 Å². The third-order valence-electron chi connectivity index (χ3n) is 27.1. The van der Waals surface area contributed by atoms with Crippen LogP contribution in [0, 0.1) is 41.4 Å². The molecule has 5 aliphatic rings. The highest BCUT2D eigenvalue weighted by molar-refractivity contribution is 6.01. The summed E-state index contributed by atoms with van der Waals surface area (Å²) in [4.78, 5) is 161. The van der Waals surface area contributed by atoms with E-state index in [1.54, 1.807) is 163 Å². The molecule has 0 unspecified atom stereocenters. The van der Waals surface area contributed by atoms with Gasteiger partial charge in [0.15, 0.2) is 53.3 Å². The lowest BCUT2D eigenvalue weighted by molar-refractivity contribution is -0.296. The number of carbonyl (C=O) groups is 10. The summed E-state index contributed by atoms with van der Waals surface area (Å²) in [5.74, 6) is -11.6. The Morgan fingerprint density at radius 2 is 1.01 bits per heavy atom. The molecule has 139 heavy (non-hydrogen) atoms. The van der Waals surface area contributed by atoms with E-state index in [1.165, 1.54) is 50.7 Å². The van der Waals surface area contributed by atoms with Crippen LogP contribution in [0.25, 0.3) is 34.0 Å². The van der Waals surface area contributed by atoms with E-state index in [2.05, 4.69) is 19.7 Å². The molecule has 7 aromatic rings. The monoisotopic (exact) mass is 1920 g/mol. The van der Waals surface area contributed by atoms with Crippen molar-refractivity contribution in [1.29, 1.82) is 0 Å². The van der Waals surface area contributed by atoms with Gasteiger partial charge in [-0.1, -0.05) is 146 Å². The second-order valence-corrected chi connectivity index (χ2v) is 38.3. The zero-order valence-electron chi connectivity index (χ0n) is 84.4. The minimum Gasteiger partial charge on any atom is -0.458 e. The fraction of sp³-hybridized carbons (Fsp3) is 0.542. The smallest absolute Gasteiger partial charge is 0.420 e. The van der Waals surface area contributed by atoms with Crippen LogP contribution in [-0.2, 0) is 95.1 Å². The number of Topliss-reactive ketones (excluding diaryl/α,β-unsaturated/α-hetero) is 4. The van der Waals surface area contributed by atoms with Gasteiger partial charge in [-0.2, -0.15) is 0 Å². The van der Waals surface area contributed by atoms with Gasteiger partial charge in [-0.05, 0) is 200 Å². The second-order valence-electron chi connectivity index (χ2n) is 38.3. The average molecular weight is 1920 g/mol. The molecule has 1 amide bonds. The molecule has 24 atom stereocenters. The average Bonchev–Trinajstić information content (AvgIpc) is 1.58. The van der Waals surface area contributed by atoms with Gasteiger partial charge in [-0.3, -0.25) is 43.6 Å². The molecule has 4 saturated heterocycles. The Balaban J connectivity index is 0.000000273. The minimum absolute atomic E-state index is 0.00650. The van der Waals surface area contributed by atoms with E-state index in [0.29, 0.717) is 37.1 Å². The number of pyridine rings is 2. The summed E-state index contributed by atoms with van der Waals surface area (Å²) in [6.45, 7) is 28.9. The van der Waals surface area contributed by atoms with Gasteiger partial charge >= 0.3 is 36.1 Å². The first-order valence-corrected chi connectivity index (χ1v) is 48.0. The number of ether oxygens (including phenoxy) is 14. The number of amides is 1. The number of aromatic nitrogens is 4. The van der Waals surface area contributed by atoms with E-state index in [-0.39, 0.29) is 93.5 Å². The van der Waals surface area contributed by atoms with Crippen LogP contribution in [0.5, 0.6) is 0 Å². The number of likely N-dealkylation sites (N-methyl/N-ethyl adjacent to an activating group) is 2. The first kappa shape index (κ1) is 110. The molecule has 0 saturated carbocycles. The maximum absolute atomic E-state index is 15.1. The number of fused-ring (bicyclic) bond motifs is 3. The summed E-state index contributed by atoms with van der Waals surface area (Å²) in [6.07, 6.45) is 6.82. The number of allylic oxidation sites excluding steroid dienone is 1. The molecule has 3 aromatic heterocycles. The topological polar surface area (TPSA) is 379 Å². The number of para-hydroxylation sites is 2. The lowest BCUT2D eigenvalue weighted by Gasteiger charge is -2.48. The first-order valence-electron chi connectivity index (χ1n) is 48.0. The number of nitrogens with zero attached hydrogens (tertiary/aromatic N) is 7. The largest absolute Gasteiger partial charge is 0.458 e. The van der Waals surface area contributed by atoms with Crippen LogP contribution in [0.4, 0.5) is 9.59 Å². The summed E-state index contributed by atoms with van der Waals surface area (Å²) in [6, 6.07) is 35.2. The predicted molar refractivity (Wildman–Crippen MR) is 522 cm³/mol. The zero-order valence-corrected chi connectivity index (χ0v) is 84.4. The second kappa shape index (κ2) is 49.9. The van der Waals surface area contributed by atoms with Crippen LogP contribution < -0.4 is 5.73 Å². The van der Waals surface area contributed by atoms with E-state index < -0.39 is 167 Å². The Morgan fingerprint density at radius 3 is 1.44 bits per heavy atom. The molecule has 2 N–H and O–H groups in total. The third kappa shape index (κ3) is 27.4. The van der Waals surface area contributed by atoms with Crippen molar-refractivity contribution in [2.75, 3.05) is 81.9 Å². The number of esters is 4. The molecular weight excluding hydrogens is 1780 g/mol. The van der Waals surface area contributed by atoms with Gasteiger partial charge in [-0.15, -0.1) is 0 Å². The summed E-state index contributed by atoms with van der Waals surface area (Å²) in [5.41, 5.74) is 3.28.